The Labute approximate surface area is 838 Å². The molecule has 0 aromatic heterocycles. The maximum absolute atomic E-state index is 15.8. The van der Waals surface area contributed by atoms with E-state index in [2.05, 4.69) is 0 Å². The molecular formula is C102H134O31P8. The third-order valence-corrected chi connectivity index (χ3v) is 31.8. The molecule has 8 unspecified atom stereocenters. The summed E-state index contributed by atoms with van der Waals surface area (Å²) in [5.41, 5.74) is -9.10. The van der Waals surface area contributed by atoms with E-state index in [0.29, 0.717) is 57.5 Å². The van der Waals surface area contributed by atoms with Crippen LogP contribution in [-0.4, -0.2) is 177 Å². The molecule has 10 rings (SSSR count). The molecule has 31 nitrogen and oxygen atoms in total. The van der Waals surface area contributed by atoms with E-state index >= 15 is 9.13 Å². The van der Waals surface area contributed by atoms with E-state index < -0.39 is 112 Å². The van der Waals surface area contributed by atoms with Gasteiger partial charge in [0.2, 0.25) is 0 Å². The number of hydrogen-bond acceptors (Lipinski definition) is 31. The fraction of sp³-hybridized carbons (Fsp3) is 0.412. The van der Waals surface area contributed by atoms with Gasteiger partial charge >= 0.3 is 66.8 Å². The quantitative estimate of drug-likeness (QED) is 0.0253. The molecule has 10 aromatic rings. The standard InChI is InChI=1S/C102H134O31P8/c1-85(140(103,128-95-61-41-23-42-62-95)132-101(11,12)99(7,8)130-97(3,4)83-118-136(122-89-49-29-17-30-50-89)114-77-69-105-65-73-110-134(120-87-45-25-15-26-46-87)112-75-67-107-71-79-116-138(124-91-53-33-19-34-54-91)125-92-55-35-20-36-56-92)81-109-82-86(2)141(104,129-96-63-43-24-44-64-96)133-102(13,14)100(9,10)131-98(5,6)84-119-137(123-90-51-31-18-32-52-90)115-78-70-106-66-74-111-135(121-88-47-27-16-28-48-88)113-76-68-108-72-80-117-139(126-93-57-37-21-38-58-93)127-94-59-39-22-40-60-94/h15-64,85-86H,65-84H2,1-14H3. The van der Waals surface area contributed by atoms with Crippen LogP contribution >= 0.6 is 66.8 Å². The highest BCUT2D eigenvalue weighted by Crippen LogP contribution is 2.61. The van der Waals surface area contributed by atoms with Crippen molar-refractivity contribution in [2.45, 2.75) is 142 Å². The molecule has 0 saturated carbocycles. The summed E-state index contributed by atoms with van der Waals surface area (Å²) < 4.78 is 213. The molecular weight excluding hydrogens is 1970 g/mol. The maximum atomic E-state index is 15.8. The zero-order valence-corrected chi connectivity index (χ0v) is 89.6. The Morgan fingerprint density at radius 3 is 0.582 bits per heavy atom. The summed E-state index contributed by atoms with van der Waals surface area (Å²) in [5.74, 6) is 5.26. The van der Waals surface area contributed by atoms with Crippen LogP contribution in [0.2, 0.25) is 0 Å². The second-order valence-corrected chi connectivity index (χ2v) is 45.7. The second-order valence-electron chi connectivity index (χ2n) is 34.3. The van der Waals surface area contributed by atoms with Crippen molar-refractivity contribution in [1.82, 2.24) is 0 Å². The van der Waals surface area contributed by atoms with Crippen LogP contribution in [0.1, 0.15) is 96.9 Å². The Morgan fingerprint density at radius 1 is 0.213 bits per heavy atom. The smallest absolute Gasteiger partial charge is 0.427 e. The molecule has 141 heavy (non-hydrogen) atoms. The normalized spacial score (nSPS) is 14.4. The molecule has 0 aliphatic carbocycles. The zero-order chi connectivity index (χ0) is 100. The average molecular weight is 2100 g/mol. The molecule has 10 aromatic carbocycles. The fourth-order valence-corrected chi connectivity index (χ4v) is 21.9. The summed E-state index contributed by atoms with van der Waals surface area (Å²) >= 11 is 0. The van der Waals surface area contributed by atoms with Crippen LogP contribution in [0.5, 0.6) is 57.5 Å². The summed E-state index contributed by atoms with van der Waals surface area (Å²) in [5, 5.41) is 0. The summed E-state index contributed by atoms with van der Waals surface area (Å²) in [4.78, 5) is 0. The van der Waals surface area contributed by atoms with Gasteiger partial charge in [0.1, 0.15) is 68.7 Å². The molecule has 0 bridgehead atoms. The molecule has 0 N–H and O–H groups in total. The summed E-state index contributed by atoms with van der Waals surface area (Å²) in [6.45, 7) is 27.7. The van der Waals surface area contributed by atoms with E-state index in [1.165, 1.54) is 0 Å². The van der Waals surface area contributed by atoms with Gasteiger partial charge in [0.15, 0.2) is 0 Å². The summed E-state index contributed by atoms with van der Waals surface area (Å²) in [7, 11) is -19.9. The van der Waals surface area contributed by atoms with Crippen LogP contribution < -0.4 is 45.2 Å². The third-order valence-electron chi connectivity index (χ3n) is 20.2. The van der Waals surface area contributed by atoms with E-state index in [0.717, 1.165) is 0 Å². The number of ether oxygens (including phenoxy) is 7. The van der Waals surface area contributed by atoms with Crippen LogP contribution in [0.3, 0.4) is 0 Å². The zero-order valence-electron chi connectivity index (χ0n) is 82.4. The van der Waals surface area contributed by atoms with Gasteiger partial charge in [-0.2, -0.15) is 0 Å². The highest BCUT2D eigenvalue weighted by atomic mass is 31.2. The summed E-state index contributed by atoms with van der Waals surface area (Å²) in [6.07, 6.45) is 0. The predicted octanol–water partition coefficient (Wildman–Crippen LogP) is 27.3. The number of benzene rings is 10. The molecule has 0 aliphatic rings. The van der Waals surface area contributed by atoms with E-state index in [9.17, 15) is 0 Å². The lowest BCUT2D eigenvalue weighted by Gasteiger charge is -2.47. The Balaban J connectivity index is 0.677. The van der Waals surface area contributed by atoms with Crippen LogP contribution in [0.15, 0.2) is 303 Å². The van der Waals surface area contributed by atoms with E-state index in [1.54, 1.807) is 114 Å². The van der Waals surface area contributed by atoms with Crippen molar-refractivity contribution in [3.63, 3.8) is 0 Å². The van der Waals surface area contributed by atoms with E-state index in [-0.39, 0.29) is 132 Å². The molecule has 0 aliphatic heterocycles. The minimum atomic E-state index is -4.27. The highest BCUT2D eigenvalue weighted by Gasteiger charge is 2.53. The number of hydrogen-bond donors (Lipinski definition) is 0. The van der Waals surface area contributed by atoms with Crippen LogP contribution in [0.4, 0.5) is 0 Å². The van der Waals surface area contributed by atoms with E-state index in [1.807, 2.05) is 286 Å². The maximum Gasteiger partial charge on any atom is 0.463 e. The molecule has 39 heteroatoms. The van der Waals surface area contributed by atoms with Crippen molar-refractivity contribution in [3.05, 3.63) is 303 Å². The van der Waals surface area contributed by atoms with Crippen LogP contribution in [0, 0.1) is 0 Å². The van der Waals surface area contributed by atoms with Gasteiger partial charge < -0.3 is 106 Å². The Kier molecular flexibility index (Phi) is 50.1. The lowest BCUT2D eigenvalue weighted by molar-refractivity contribution is -0.204. The molecule has 0 heterocycles. The number of para-hydroxylation sites is 10. The minimum Gasteiger partial charge on any atom is -0.427 e. The average Bonchev–Trinajstić information content (AvgIpc) is 0.775. The Hall–Kier alpha value is -7.52. The Bertz CT molecular complexity index is 4690. The lowest BCUT2D eigenvalue weighted by Crippen LogP contribution is -2.54. The van der Waals surface area contributed by atoms with Crippen LogP contribution in [0.25, 0.3) is 0 Å². The molecule has 0 radical (unpaired) electrons. The fourth-order valence-electron chi connectivity index (χ4n) is 12.0. The predicted molar refractivity (Wildman–Crippen MR) is 549 cm³/mol. The molecule has 768 valence electrons. The first-order chi connectivity index (χ1) is 67.9. The molecule has 8 atom stereocenters. The van der Waals surface area contributed by atoms with Crippen LogP contribution in [-0.2, 0) is 96.6 Å². The topological polar surface area (TPSA) is 302 Å². The van der Waals surface area contributed by atoms with Crippen molar-refractivity contribution in [1.29, 1.82) is 0 Å². The van der Waals surface area contributed by atoms with Crippen molar-refractivity contribution >= 4 is 66.8 Å². The molecule has 0 fully saturated rings. The first-order valence-electron chi connectivity index (χ1n) is 46.2. The third kappa shape index (κ3) is 44.0. The Morgan fingerprint density at radius 2 is 0.383 bits per heavy atom. The van der Waals surface area contributed by atoms with Gasteiger partial charge in [-0.25, -0.2) is 9.13 Å². The van der Waals surface area contributed by atoms with E-state index in [4.69, 9.17) is 133 Å². The SMILES string of the molecule is CC(COCC(C)P(=O)(Oc1ccccc1)OC(C)(C)C(C)(C)OC(C)(C)COP(OCCOCCOP(OCCOCCOP(Oc1ccccc1)Oc1ccccc1)Oc1ccccc1)Oc1ccccc1)P(=O)(Oc1ccccc1)OC(C)(C)C(C)(C)OC(C)(C)COP(OCCOCCOP(OCCOCCOP(Oc1ccccc1)Oc1ccccc1)Oc1ccccc1)Oc1ccccc1. The molecule has 0 amide bonds. The minimum absolute atomic E-state index is 0.0241. The second kappa shape index (κ2) is 61.2. The monoisotopic (exact) mass is 2100 g/mol. The summed E-state index contributed by atoms with van der Waals surface area (Å²) in [6, 6.07) is 91.6. The van der Waals surface area contributed by atoms with Crippen molar-refractivity contribution in [2.75, 3.05) is 132 Å². The van der Waals surface area contributed by atoms with Gasteiger partial charge in [0.25, 0.3) is 0 Å². The van der Waals surface area contributed by atoms with Gasteiger partial charge in [-0.3, -0.25) is 27.1 Å². The van der Waals surface area contributed by atoms with Crippen molar-refractivity contribution in [2.24, 2.45) is 0 Å². The first-order valence-corrected chi connectivity index (χ1v) is 56.0. The first kappa shape index (κ1) is 115. The van der Waals surface area contributed by atoms with Gasteiger partial charge in [-0.05, 0) is 218 Å². The lowest BCUT2D eigenvalue weighted by atomic mass is 9.88. The largest absolute Gasteiger partial charge is 0.463 e. The van der Waals surface area contributed by atoms with Crippen molar-refractivity contribution < 1.29 is 142 Å². The molecule has 0 saturated heterocycles. The van der Waals surface area contributed by atoms with Gasteiger partial charge in [0, 0.05) is 0 Å². The van der Waals surface area contributed by atoms with Gasteiger partial charge in [-0.15, -0.1) is 0 Å². The van der Waals surface area contributed by atoms with Gasteiger partial charge in [-0.1, -0.05) is 182 Å². The highest BCUT2D eigenvalue weighted by molar-refractivity contribution is 7.55. The van der Waals surface area contributed by atoms with Gasteiger partial charge in [0.05, 0.1) is 166 Å². The number of rotatable bonds is 74. The molecule has 0 spiro atoms. The van der Waals surface area contributed by atoms with Crippen molar-refractivity contribution in [3.8, 4) is 57.5 Å².